The SMILES string of the molecule is Cn1cc(Cn2cnc3ccsc3c2=O)cn1. The molecule has 5 nitrogen and oxygen atoms in total. The molecule has 3 heterocycles. The van der Waals surface area contributed by atoms with Gasteiger partial charge in [-0.2, -0.15) is 5.10 Å². The zero-order valence-corrected chi connectivity index (χ0v) is 10.0. The van der Waals surface area contributed by atoms with Crippen LogP contribution in [0.25, 0.3) is 10.2 Å². The average Bonchev–Trinajstić information content (AvgIpc) is 2.92. The molecule has 86 valence electrons. The second kappa shape index (κ2) is 3.81. The summed E-state index contributed by atoms with van der Waals surface area (Å²) >= 11 is 1.43. The van der Waals surface area contributed by atoms with Crippen LogP contribution in [-0.2, 0) is 13.6 Å². The molecule has 0 saturated heterocycles. The lowest BCUT2D eigenvalue weighted by molar-refractivity contribution is 0.743. The van der Waals surface area contributed by atoms with Gasteiger partial charge in [-0.25, -0.2) is 4.98 Å². The predicted molar refractivity (Wildman–Crippen MR) is 66.2 cm³/mol. The molecule has 0 saturated carbocycles. The molecule has 0 radical (unpaired) electrons. The van der Waals surface area contributed by atoms with Crippen LogP contribution in [-0.4, -0.2) is 19.3 Å². The molecule has 0 atom stereocenters. The van der Waals surface area contributed by atoms with Crippen LogP contribution in [0.3, 0.4) is 0 Å². The topological polar surface area (TPSA) is 52.7 Å². The van der Waals surface area contributed by atoms with Crippen LogP contribution in [0.15, 0.2) is 35.0 Å². The van der Waals surface area contributed by atoms with E-state index in [-0.39, 0.29) is 5.56 Å². The Bertz CT molecular complexity index is 724. The van der Waals surface area contributed by atoms with Crippen molar-refractivity contribution in [2.45, 2.75) is 6.54 Å². The summed E-state index contributed by atoms with van der Waals surface area (Å²) in [6.07, 6.45) is 5.24. The molecule has 3 aromatic rings. The quantitative estimate of drug-likeness (QED) is 0.683. The first-order chi connectivity index (χ1) is 8.24. The highest BCUT2D eigenvalue weighted by atomic mass is 32.1. The smallest absolute Gasteiger partial charge is 0.271 e. The Kier molecular flexibility index (Phi) is 2.29. The molecule has 6 heteroatoms. The molecule has 0 aliphatic carbocycles. The maximum Gasteiger partial charge on any atom is 0.271 e. The van der Waals surface area contributed by atoms with Gasteiger partial charge in [0.15, 0.2) is 0 Å². The van der Waals surface area contributed by atoms with Crippen molar-refractivity contribution in [3.8, 4) is 0 Å². The minimum Gasteiger partial charge on any atom is -0.293 e. The maximum absolute atomic E-state index is 12.1. The lowest BCUT2D eigenvalue weighted by atomic mass is 10.3. The molecule has 0 N–H and O–H groups in total. The number of hydrogen-bond donors (Lipinski definition) is 0. The van der Waals surface area contributed by atoms with Gasteiger partial charge in [-0.15, -0.1) is 11.3 Å². The van der Waals surface area contributed by atoms with E-state index in [0.717, 1.165) is 11.1 Å². The average molecular weight is 246 g/mol. The molecule has 3 aromatic heterocycles. The third-order valence-corrected chi connectivity index (χ3v) is 3.44. The van der Waals surface area contributed by atoms with Crippen molar-refractivity contribution in [1.82, 2.24) is 19.3 Å². The van der Waals surface area contributed by atoms with E-state index in [0.29, 0.717) is 11.2 Å². The lowest BCUT2D eigenvalue weighted by Gasteiger charge is -2.02. The second-order valence-corrected chi connectivity index (χ2v) is 4.75. The fourth-order valence-electron chi connectivity index (χ4n) is 1.74. The van der Waals surface area contributed by atoms with Crippen LogP contribution < -0.4 is 5.56 Å². The number of thiophene rings is 1. The van der Waals surface area contributed by atoms with Crippen LogP contribution in [0.4, 0.5) is 0 Å². The van der Waals surface area contributed by atoms with Crippen LogP contribution in [0, 0.1) is 0 Å². The Labute approximate surface area is 101 Å². The van der Waals surface area contributed by atoms with Crippen molar-refractivity contribution in [2.24, 2.45) is 7.05 Å². The first-order valence-corrected chi connectivity index (χ1v) is 6.02. The molecule has 0 aliphatic heterocycles. The minimum atomic E-state index is 0.00820. The molecule has 0 fully saturated rings. The molecule has 17 heavy (non-hydrogen) atoms. The fourth-order valence-corrected chi connectivity index (χ4v) is 2.53. The molecule has 0 amide bonds. The zero-order valence-electron chi connectivity index (χ0n) is 9.20. The highest BCUT2D eigenvalue weighted by molar-refractivity contribution is 7.17. The van der Waals surface area contributed by atoms with Crippen molar-refractivity contribution < 1.29 is 0 Å². The summed E-state index contributed by atoms with van der Waals surface area (Å²) in [5.74, 6) is 0. The van der Waals surface area contributed by atoms with E-state index in [2.05, 4.69) is 10.1 Å². The summed E-state index contributed by atoms with van der Waals surface area (Å²) in [6.45, 7) is 0.507. The highest BCUT2D eigenvalue weighted by Crippen LogP contribution is 2.13. The zero-order chi connectivity index (χ0) is 11.8. The van der Waals surface area contributed by atoms with E-state index in [9.17, 15) is 4.79 Å². The Morgan fingerprint density at radius 1 is 1.47 bits per heavy atom. The molecule has 0 bridgehead atoms. The van der Waals surface area contributed by atoms with Crippen LogP contribution >= 0.6 is 11.3 Å². The van der Waals surface area contributed by atoms with E-state index < -0.39 is 0 Å². The second-order valence-electron chi connectivity index (χ2n) is 3.83. The standard InChI is InChI=1S/C11H10N4OS/c1-14-5-8(4-13-14)6-15-7-12-9-2-3-17-10(9)11(15)16/h2-5,7H,6H2,1H3. The van der Waals surface area contributed by atoms with E-state index >= 15 is 0 Å². The van der Waals surface area contributed by atoms with Crippen molar-refractivity contribution >= 4 is 21.6 Å². The minimum absolute atomic E-state index is 0.00820. The van der Waals surface area contributed by atoms with Gasteiger partial charge in [0, 0.05) is 18.8 Å². The Balaban J connectivity index is 2.06. The number of fused-ring (bicyclic) bond motifs is 1. The first kappa shape index (κ1) is 10.2. The van der Waals surface area contributed by atoms with Crippen LogP contribution in [0.1, 0.15) is 5.56 Å². The number of aromatic nitrogens is 4. The summed E-state index contributed by atoms with van der Waals surface area (Å²) in [4.78, 5) is 16.4. The van der Waals surface area contributed by atoms with Gasteiger partial charge < -0.3 is 0 Å². The van der Waals surface area contributed by atoms with Gasteiger partial charge in [-0.3, -0.25) is 14.0 Å². The Hall–Kier alpha value is -1.95. The molecule has 3 rings (SSSR count). The molecule has 0 aliphatic rings. The fraction of sp³-hybridized carbons (Fsp3) is 0.182. The highest BCUT2D eigenvalue weighted by Gasteiger charge is 2.06. The predicted octanol–water partition coefficient (Wildman–Crippen LogP) is 1.24. The maximum atomic E-state index is 12.1. The van der Waals surface area contributed by atoms with Crippen molar-refractivity contribution in [3.63, 3.8) is 0 Å². The van der Waals surface area contributed by atoms with Gasteiger partial charge in [0.25, 0.3) is 5.56 Å². The molecule has 0 spiro atoms. The molecular formula is C11H10N4OS. The third kappa shape index (κ3) is 1.76. The number of nitrogens with zero attached hydrogens (tertiary/aromatic N) is 4. The summed E-state index contributed by atoms with van der Waals surface area (Å²) in [5.41, 5.74) is 1.77. The van der Waals surface area contributed by atoms with Gasteiger partial charge >= 0.3 is 0 Å². The Morgan fingerprint density at radius 2 is 2.35 bits per heavy atom. The van der Waals surface area contributed by atoms with E-state index in [1.54, 1.807) is 21.8 Å². The normalized spacial score (nSPS) is 11.1. The summed E-state index contributed by atoms with van der Waals surface area (Å²) < 4.78 is 4.03. The number of rotatable bonds is 2. The van der Waals surface area contributed by atoms with E-state index in [4.69, 9.17) is 0 Å². The monoisotopic (exact) mass is 246 g/mol. The Morgan fingerprint density at radius 3 is 3.12 bits per heavy atom. The van der Waals surface area contributed by atoms with Gasteiger partial charge in [0.05, 0.1) is 24.6 Å². The summed E-state index contributed by atoms with van der Waals surface area (Å²) in [5, 5.41) is 5.96. The van der Waals surface area contributed by atoms with Crippen molar-refractivity contribution in [1.29, 1.82) is 0 Å². The summed E-state index contributed by atoms with van der Waals surface area (Å²) in [6, 6.07) is 1.86. The lowest BCUT2D eigenvalue weighted by Crippen LogP contribution is -2.19. The van der Waals surface area contributed by atoms with Gasteiger partial charge in [0.2, 0.25) is 0 Å². The largest absolute Gasteiger partial charge is 0.293 e. The number of hydrogen-bond acceptors (Lipinski definition) is 4. The summed E-state index contributed by atoms with van der Waals surface area (Å²) in [7, 11) is 1.85. The van der Waals surface area contributed by atoms with E-state index in [1.165, 1.54) is 11.3 Å². The van der Waals surface area contributed by atoms with Crippen molar-refractivity contribution in [2.75, 3.05) is 0 Å². The number of aryl methyl sites for hydroxylation is 1. The van der Waals surface area contributed by atoms with Gasteiger partial charge in [-0.05, 0) is 11.4 Å². The molecular weight excluding hydrogens is 236 g/mol. The molecule has 0 unspecified atom stereocenters. The van der Waals surface area contributed by atoms with Crippen LogP contribution in [0.5, 0.6) is 0 Å². The molecule has 0 aromatic carbocycles. The van der Waals surface area contributed by atoms with Crippen molar-refractivity contribution in [3.05, 3.63) is 46.1 Å². The van der Waals surface area contributed by atoms with Gasteiger partial charge in [0.1, 0.15) is 4.70 Å². The first-order valence-electron chi connectivity index (χ1n) is 5.14. The van der Waals surface area contributed by atoms with Gasteiger partial charge in [-0.1, -0.05) is 0 Å². The van der Waals surface area contributed by atoms with E-state index in [1.807, 2.05) is 24.7 Å². The van der Waals surface area contributed by atoms with Crippen LogP contribution in [0.2, 0.25) is 0 Å². The third-order valence-electron chi connectivity index (χ3n) is 2.55.